The molecule has 1 aliphatic carbocycles. The van der Waals surface area contributed by atoms with Crippen molar-refractivity contribution >= 4 is 16.1 Å². The van der Waals surface area contributed by atoms with Crippen LogP contribution in [0.5, 0.6) is 5.75 Å². The van der Waals surface area contributed by atoms with E-state index in [1.165, 1.54) is 6.92 Å². The van der Waals surface area contributed by atoms with E-state index in [2.05, 4.69) is 5.32 Å². The molecule has 0 saturated heterocycles. The van der Waals surface area contributed by atoms with Gasteiger partial charge in [-0.15, -0.1) is 0 Å². The lowest BCUT2D eigenvalue weighted by Crippen LogP contribution is -2.49. The standard InChI is InChI=1S/C17H26N2O4S/c1-5-24(21,22)23-15-8-6-7-13(11-15)12-19(14-9-10-14)16(20)18-17(2,3)4/h6-8,11,14H,5,9-10,12H2,1-4H3,(H,18,20). The average molecular weight is 354 g/mol. The Kier molecular flexibility index (Phi) is 5.42. The number of carbonyl (C=O) groups is 1. The highest BCUT2D eigenvalue weighted by Crippen LogP contribution is 2.29. The minimum absolute atomic E-state index is 0.0839. The van der Waals surface area contributed by atoms with Crippen molar-refractivity contribution in [3.8, 4) is 5.75 Å². The van der Waals surface area contributed by atoms with Crippen LogP contribution < -0.4 is 9.50 Å². The molecule has 1 aromatic rings. The lowest BCUT2D eigenvalue weighted by atomic mass is 10.1. The van der Waals surface area contributed by atoms with E-state index in [1.54, 1.807) is 23.1 Å². The molecule has 7 heteroatoms. The molecule has 1 saturated carbocycles. The van der Waals surface area contributed by atoms with Gasteiger partial charge in [0, 0.05) is 18.1 Å². The molecule has 0 heterocycles. The summed E-state index contributed by atoms with van der Waals surface area (Å²) < 4.78 is 28.2. The van der Waals surface area contributed by atoms with Crippen LogP contribution in [0, 0.1) is 0 Å². The third kappa shape index (κ3) is 5.70. The first-order valence-corrected chi connectivity index (χ1v) is 9.77. The molecular weight excluding hydrogens is 328 g/mol. The number of amides is 2. The molecule has 0 aromatic heterocycles. The van der Waals surface area contributed by atoms with Crippen molar-refractivity contribution in [3.63, 3.8) is 0 Å². The maximum absolute atomic E-state index is 12.5. The highest BCUT2D eigenvalue weighted by Gasteiger charge is 2.33. The van der Waals surface area contributed by atoms with Crippen LogP contribution in [0.1, 0.15) is 46.1 Å². The lowest BCUT2D eigenvalue weighted by molar-refractivity contribution is 0.183. The van der Waals surface area contributed by atoms with Gasteiger partial charge in [-0.25, -0.2) is 4.79 Å². The van der Waals surface area contributed by atoms with E-state index < -0.39 is 10.1 Å². The van der Waals surface area contributed by atoms with Gasteiger partial charge in [0.05, 0.1) is 5.75 Å². The van der Waals surface area contributed by atoms with Crippen LogP contribution in [-0.4, -0.2) is 36.7 Å². The second-order valence-corrected chi connectivity index (χ2v) is 8.98. The molecule has 2 rings (SSSR count). The fraction of sp³-hybridized carbons (Fsp3) is 0.588. The van der Waals surface area contributed by atoms with Gasteiger partial charge >= 0.3 is 16.1 Å². The summed E-state index contributed by atoms with van der Waals surface area (Å²) in [7, 11) is -3.56. The molecule has 0 atom stereocenters. The number of benzene rings is 1. The summed E-state index contributed by atoms with van der Waals surface area (Å²) in [5, 5.41) is 2.98. The Hall–Kier alpha value is -1.76. The molecule has 6 nitrogen and oxygen atoms in total. The van der Waals surface area contributed by atoms with Crippen molar-refractivity contribution in [1.82, 2.24) is 10.2 Å². The van der Waals surface area contributed by atoms with Crippen LogP contribution in [0.25, 0.3) is 0 Å². The van der Waals surface area contributed by atoms with Crippen molar-refractivity contribution in [1.29, 1.82) is 0 Å². The smallest absolute Gasteiger partial charge is 0.318 e. The molecule has 24 heavy (non-hydrogen) atoms. The van der Waals surface area contributed by atoms with Gasteiger partial charge in [-0.1, -0.05) is 12.1 Å². The van der Waals surface area contributed by atoms with Crippen LogP contribution in [0.2, 0.25) is 0 Å². The van der Waals surface area contributed by atoms with E-state index in [-0.39, 0.29) is 29.1 Å². The normalized spacial score (nSPS) is 15.0. The zero-order valence-corrected chi connectivity index (χ0v) is 15.5. The number of nitrogens with zero attached hydrogens (tertiary/aromatic N) is 1. The number of hydrogen-bond donors (Lipinski definition) is 1. The number of nitrogens with one attached hydrogen (secondary N) is 1. The van der Waals surface area contributed by atoms with Gasteiger partial charge in [0.2, 0.25) is 0 Å². The van der Waals surface area contributed by atoms with Gasteiger partial charge in [0.1, 0.15) is 5.75 Å². The summed E-state index contributed by atoms with van der Waals surface area (Å²) >= 11 is 0. The minimum Gasteiger partial charge on any atom is -0.382 e. The molecular formula is C17H26N2O4S. The number of rotatable bonds is 6. The van der Waals surface area contributed by atoms with Crippen LogP contribution in [0.15, 0.2) is 24.3 Å². The summed E-state index contributed by atoms with van der Waals surface area (Å²) in [5.41, 5.74) is 0.541. The van der Waals surface area contributed by atoms with Crippen molar-refractivity contribution < 1.29 is 17.4 Å². The molecule has 0 spiro atoms. The molecule has 0 bridgehead atoms. The fourth-order valence-electron chi connectivity index (χ4n) is 2.24. The van der Waals surface area contributed by atoms with E-state index in [0.717, 1.165) is 18.4 Å². The summed E-state index contributed by atoms with van der Waals surface area (Å²) in [6.45, 7) is 7.79. The first-order valence-electron chi connectivity index (χ1n) is 8.19. The van der Waals surface area contributed by atoms with Gasteiger partial charge in [-0.3, -0.25) is 0 Å². The summed E-state index contributed by atoms with van der Waals surface area (Å²) in [6.07, 6.45) is 2.00. The third-order valence-electron chi connectivity index (χ3n) is 3.56. The second-order valence-electron chi connectivity index (χ2n) is 7.12. The monoisotopic (exact) mass is 354 g/mol. The van der Waals surface area contributed by atoms with E-state index in [9.17, 15) is 13.2 Å². The molecule has 1 N–H and O–H groups in total. The quantitative estimate of drug-likeness (QED) is 0.797. The van der Waals surface area contributed by atoms with Crippen molar-refractivity contribution in [3.05, 3.63) is 29.8 Å². The highest BCUT2D eigenvalue weighted by atomic mass is 32.2. The maximum Gasteiger partial charge on any atom is 0.318 e. The number of urea groups is 1. The maximum atomic E-state index is 12.5. The SMILES string of the molecule is CCS(=O)(=O)Oc1cccc(CN(C(=O)NC(C)(C)C)C2CC2)c1. The van der Waals surface area contributed by atoms with E-state index in [4.69, 9.17) is 4.18 Å². The second kappa shape index (κ2) is 7.01. The molecule has 0 radical (unpaired) electrons. The van der Waals surface area contributed by atoms with E-state index in [0.29, 0.717) is 6.54 Å². The van der Waals surface area contributed by atoms with Gasteiger partial charge in [-0.2, -0.15) is 8.42 Å². The first-order chi connectivity index (χ1) is 11.1. The van der Waals surface area contributed by atoms with E-state index in [1.807, 2.05) is 26.8 Å². The Balaban J connectivity index is 2.11. The fourth-order valence-corrected chi connectivity index (χ4v) is 2.76. The van der Waals surface area contributed by atoms with Crippen LogP contribution in [0.4, 0.5) is 4.79 Å². The Bertz CT molecular complexity index is 691. The number of hydrogen-bond acceptors (Lipinski definition) is 4. The summed E-state index contributed by atoms with van der Waals surface area (Å²) in [5.74, 6) is 0.195. The van der Waals surface area contributed by atoms with Crippen molar-refractivity contribution in [2.45, 2.75) is 58.7 Å². The Morgan fingerprint density at radius 3 is 2.54 bits per heavy atom. The molecule has 1 aromatic carbocycles. The summed E-state index contributed by atoms with van der Waals surface area (Å²) in [6, 6.07) is 7.03. The Morgan fingerprint density at radius 2 is 2.00 bits per heavy atom. The molecule has 0 unspecified atom stereocenters. The Morgan fingerprint density at radius 1 is 1.33 bits per heavy atom. The lowest BCUT2D eigenvalue weighted by Gasteiger charge is -2.28. The predicted molar refractivity (Wildman–Crippen MR) is 93.4 cm³/mol. The third-order valence-corrected chi connectivity index (χ3v) is 4.71. The van der Waals surface area contributed by atoms with Gasteiger partial charge in [-0.05, 0) is 58.2 Å². The number of carbonyl (C=O) groups excluding carboxylic acids is 1. The minimum atomic E-state index is -3.56. The van der Waals surface area contributed by atoms with Crippen molar-refractivity contribution in [2.24, 2.45) is 0 Å². The zero-order chi connectivity index (χ0) is 18.0. The average Bonchev–Trinajstić information content (AvgIpc) is 3.27. The highest BCUT2D eigenvalue weighted by molar-refractivity contribution is 7.87. The van der Waals surface area contributed by atoms with Gasteiger partial charge < -0.3 is 14.4 Å². The summed E-state index contributed by atoms with van der Waals surface area (Å²) in [4.78, 5) is 14.3. The van der Waals surface area contributed by atoms with Crippen molar-refractivity contribution in [2.75, 3.05) is 5.75 Å². The molecule has 134 valence electrons. The largest absolute Gasteiger partial charge is 0.382 e. The predicted octanol–water partition coefficient (Wildman–Crippen LogP) is 2.89. The molecule has 1 fully saturated rings. The first kappa shape index (κ1) is 18.6. The molecule has 0 aliphatic heterocycles. The van der Waals surface area contributed by atoms with Gasteiger partial charge in [0.15, 0.2) is 0 Å². The van der Waals surface area contributed by atoms with Crippen LogP contribution in [0.3, 0.4) is 0 Å². The Labute approximate surface area is 144 Å². The van der Waals surface area contributed by atoms with Crippen LogP contribution >= 0.6 is 0 Å². The topological polar surface area (TPSA) is 75.7 Å². The van der Waals surface area contributed by atoms with E-state index >= 15 is 0 Å². The molecule has 1 aliphatic rings. The molecule has 2 amide bonds. The van der Waals surface area contributed by atoms with Gasteiger partial charge in [0.25, 0.3) is 0 Å². The van der Waals surface area contributed by atoms with Crippen LogP contribution in [-0.2, 0) is 16.7 Å². The zero-order valence-electron chi connectivity index (χ0n) is 14.7.